The largest absolute Gasteiger partial charge is 0.460 e. The minimum absolute atomic E-state index is 0.157. The highest BCUT2D eigenvalue weighted by atomic mass is 16.6. The van der Waals surface area contributed by atoms with Crippen molar-refractivity contribution in [2.45, 2.75) is 32.8 Å². The number of carbonyl (C=O) groups excluding carboxylic acids is 2. The van der Waals surface area contributed by atoms with Crippen molar-refractivity contribution >= 4 is 17.6 Å². The van der Waals surface area contributed by atoms with E-state index in [1.807, 2.05) is 39.0 Å². The van der Waals surface area contributed by atoms with Crippen LogP contribution in [0.4, 0.5) is 5.69 Å². The number of carbonyl (C=O) groups is 2. The molecule has 0 aliphatic carbocycles. The third-order valence-corrected chi connectivity index (χ3v) is 3.82. The zero-order valence-electron chi connectivity index (χ0n) is 17.1. The molecule has 0 atom stereocenters. The first-order valence-electron chi connectivity index (χ1n) is 9.45. The summed E-state index contributed by atoms with van der Waals surface area (Å²) in [7, 11) is 0. The standard InChI is InChI=1S/C23H23N3O4/c1-23(2,3)30-20(27)13-16-9-11-18(12-10-16)26-21(28)17-14-24-22(25-15-17)29-19-7-5-4-6-8-19/h4-12,14-15H,13H2,1-3H3,(H,26,28). The number of esters is 1. The molecular weight excluding hydrogens is 382 g/mol. The quantitative estimate of drug-likeness (QED) is 0.611. The van der Waals surface area contributed by atoms with Crippen LogP contribution in [0.15, 0.2) is 67.0 Å². The van der Waals surface area contributed by atoms with Gasteiger partial charge in [0.25, 0.3) is 5.91 Å². The van der Waals surface area contributed by atoms with Crippen LogP contribution in [0.2, 0.25) is 0 Å². The summed E-state index contributed by atoms with van der Waals surface area (Å²) in [6, 6.07) is 16.3. The van der Waals surface area contributed by atoms with Gasteiger partial charge in [0.2, 0.25) is 0 Å². The maximum Gasteiger partial charge on any atom is 0.321 e. The monoisotopic (exact) mass is 405 g/mol. The number of benzene rings is 2. The first-order valence-corrected chi connectivity index (χ1v) is 9.45. The van der Waals surface area contributed by atoms with E-state index in [1.165, 1.54) is 12.4 Å². The Morgan fingerprint density at radius 2 is 1.57 bits per heavy atom. The number of hydrogen-bond donors (Lipinski definition) is 1. The molecule has 0 unspecified atom stereocenters. The molecule has 154 valence electrons. The number of aromatic nitrogens is 2. The molecule has 1 aromatic heterocycles. The molecular formula is C23H23N3O4. The van der Waals surface area contributed by atoms with Gasteiger partial charge in [-0.15, -0.1) is 0 Å². The van der Waals surface area contributed by atoms with Gasteiger partial charge in [0.15, 0.2) is 0 Å². The Morgan fingerprint density at radius 3 is 2.17 bits per heavy atom. The number of anilines is 1. The van der Waals surface area contributed by atoms with E-state index >= 15 is 0 Å². The van der Waals surface area contributed by atoms with Gasteiger partial charge in [0.1, 0.15) is 11.4 Å². The van der Waals surface area contributed by atoms with Gasteiger partial charge in [-0.3, -0.25) is 9.59 Å². The number of amides is 1. The molecule has 3 aromatic rings. The number of nitrogens with one attached hydrogen (secondary N) is 1. The van der Waals surface area contributed by atoms with Crippen LogP contribution in [0.25, 0.3) is 0 Å². The van der Waals surface area contributed by atoms with Gasteiger partial charge in [0, 0.05) is 18.1 Å². The number of ether oxygens (including phenoxy) is 2. The summed E-state index contributed by atoms with van der Waals surface area (Å²) in [5, 5.41) is 2.77. The van der Waals surface area contributed by atoms with E-state index in [9.17, 15) is 9.59 Å². The lowest BCUT2D eigenvalue weighted by atomic mass is 10.1. The van der Waals surface area contributed by atoms with Gasteiger partial charge in [0.05, 0.1) is 12.0 Å². The maximum absolute atomic E-state index is 12.4. The first-order chi connectivity index (χ1) is 14.3. The summed E-state index contributed by atoms with van der Waals surface area (Å²) in [5.41, 5.74) is 1.17. The lowest BCUT2D eigenvalue weighted by Crippen LogP contribution is -2.24. The Bertz CT molecular complexity index is 995. The topological polar surface area (TPSA) is 90.4 Å². The molecule has 1 heterocycles. The molecule has 0 radical (unpaired) electrons. The summed E-state index contributed by atoms with van der Waals surface area (Å²) >= 11 is 0. The van der Waals surface area contributed by atoms with Crippen LogP contribution in [0.1, 0.15) is 36.7 Å². The van der Waals surface area contributed by atoms with Gasteiger partial charge >= 0.3 is 12.0 Å². The van der Waals surface area contributed by atoms with Gasteiger partial charge < -0.3 is 14.8 Å². The summed E-state index contributed by atoms with van der Waals surface area (Å²) in [4.78, 5) is 32.4. The Kier molecular flexibility index (Phi) is 6.41. The van der Waals surface area contributed by atoms with E-state index in [-0.39, 0.29) is 24.3 Å². The average Bonchev–Trinajstić information content (AvgIpc) is 2.69. The molecule has 7 nitrogen and oxygen atoms in total. The van der Waals surface area contributed by atoms with E-state index in [0.29, 0.717) is 17.0 Å². The molecule has 1 amide bonds. The molecule has 0 aliphatic rings. The van der Waals surface area contributed by atoms with Crippen molar-refractivity contribution in [1.29, 1.82) is 0 Å². The minimum Gasteiger partial charge on any atom is -0.460 e. The van der Waals surface area contributed by atoms with Crippen molar-refractivity contribution in [3.05, 3.63) is 78.1 Å². The Hall–Kier alpha value is -3.74. The molecule has 0 aliphatic heterocycles. The number of nitrogens with zero attached hydrogens (tertiary/aromatic N) is 2. The van der Waals surface area contributed by atoms with E-state index in [4.69, 9.17) is 9.47 Å². The third kappa shape index (κ3) is 6.41. The van der Waals surface area contributed by atoms with E-state index in [1.54, 1.807) is 36.4 Å². The van der Waals surface area contributed by atoms with Crippen LogP contribution in [-0.2, 0) is 16.0 Å². The predicted molar refractivity (Wildman–Crippen MR) is 112 cm³/mol. The predicted octanol–water partition coefficient (Wildman–Crippen LogP) is 4.41. The third-order valence-electron chi connectivity index (χ3n) is 3.82. The van der Waals surface area contributed by atoms with Crippen molar-refractivity contribution in [3.8, 4) is 11.8 Å². The zero-order chi connectivity index (χ0) is 21.6. The summed E-state index contributed by atoms with van der Waals surface area (Å²) < 4.78 is 10.8. The van der Waals surface area contributed by atoms with Crippen LogP contribution < -0.4 is 10.1 Å². The smallest absolute Gasteiger partial charge is 0.321 e. The number of hydrogen-bond acceptors (Lipinski definition) is 6. The minimum atomic E-state index is -0.519. The van der Waals surface area contributed by atoms with Crippen molar-refractivity contribution < 1.29 is 19.1 Å². The van der Waals surface area contributed by atoms with E-state index in [0.717, 1.165) is 5.56 Å². The summed E-state index contributed by atoms with van der Waals surface area (Å²) in [6.45, 7) is 5.48. The fourth-order valence-corrected chi connectivity index (χ4v) is 2.53. The fourth-order valence-electron chi connectivity index (χ4n) is 2.53. The van der Waals surface area contributed by atoms with Crippen molar-refractivity contribution in [2.24, 2.45) is 0 Å². The Morgan fingerprint density at radius 1 is 0.933 bits per heavy atom. The zero-order valence-corrected chi connectivity index (χ0v) is 17.1. The highest BCUT2D eigenvalue weighted by molar-refractivity contribution is 6.03. The first kappa shape index (κ1) is 21.0. The lowest BCUT2D eigenvalue weighted by Gasteiger charge is -2.19. The van der Waals surface area contributed by atoms with Crippen LogP contribution in [-0.4, -0.2) is 27.4 Å². The van der Waals surface area contributed by atoms with Crippen molar-refractivity contribution in [1.82, 2.24) is 9.97 Å². The summed E-state index contributed by atoms with van der Waals surface area (Å²) in [5.74, 6) is -0.0310. The lowest BCUT2D eigenvalue weighted by molar-refractivity contribution is -0.153. The number of rotatable bonds is 6. The molecule has 7 heteroatoms. The van der Waals surface area contributed by atoms with Crippen LogP contribution >= 0.6 is 0 Å². The molecule has 0 fully saturated rings. The second kappa shape index (κ2) is 9.17. The second-order valence-corrected chi connectivity index (χ2v) is 7.58. The highest BCUT2D eigenvalue weighted by Gasteiger charge is 2.16. The van der Waals surface area contributed by atoms with Gasteiger partial charge in [-0.05, 0) is 50.6 Å². The molecule has 30 heavy (non-hydrogen) atoms. The fraction of sp³-hybridized carbons (Fsp3) is 0.217. The SMILES string of the molecule is CC(C)(C)OC(=O)Cc1ccc(NC(=O)c2cnc(Oc3ccccc3)nc2)cc1. The second-order valence-electron chi connectivity index (χ2n) is 7.58. The van der Waals surface area contributed by atoms with Gasteiger partial charge in [-0.25, -0.2) is 9.97 Å². The van der Waals surface area contributed by atoms with Crippen molar-refractivity contribution in [2.75, 3.05) is 5.32 Å². The Balaban J connectivity index is 1.56. The molecule has 2 aromatic carbocycles. The maximum atomic E-state index is 12.4. The molecule has 0 bridgehead atoms. The average molecular weight is 405 g/mol. The van der Waals surface area contributed by atoms with Gasteiger partial charge in [-0.1, -0.05) is 30.3 Å². The molecule has 0 saturated heterocycles. The summed E-state index contributed by atoms with van der Waals surface area (Å²) in [6.07, 6.45) is 2.97. The number of para-hydroxylation sites is 1. The normalized spacial score (nSPS) is 10.9. The van der Waals surface area contributed by atoms with Crippen LogP contribution in [0.5, 0.6) is 11.8 Å². The van der Waals surface area contributed by atoms with Crippen molar-refractivity contribution in [3.63, 3.8) is 0 Å². The van der Waals surface area contributed by atoms with E-state index in [2.05, 4.69) is 15.3 Å². The van der Waals surface area contributed by atoms with Crippen LogP contribution in [0, 0.1) is 0 Å². The van der Waals surface area contributed by atoms with E-state index < -0.39 is 5.60 Å². The molecule has 3 rings (SSSR count). The Labute approximate surface area is 175 Å². The van der Waals surface area contributed by atoms with Gasteiger partial charge in [-0.2, -0.15) is 0 Å². The molecule has 1 N–H and O–H groups in total. The molecule has 0 spiro atoms. The highest BCUT2D eigenvalue weighted by Crippen LogP contribution is 2.17. The molecule has 0 saturated carbocycles. The van der Waals surface area contributed by atoms with Crippen LogP contribution in [0.3, 0.4) is 0 Å².